The number of hydrogen-bond donors (Lipinski definition) is 1. The largest absolute Gasteiger partial charge is 0.389 e. The predicted octanol–water partition coefficient (Wildman–Crippen LogP) is 1.82. The van der Waals surface area contributed by atoms with Crippen LogP contribution in [-0.2, 0) is 6.42 Å². The molecule has 2 aromatic heterocycles. The van der Waals surface area contributed by atoms with E-state index < -0.39 is 6.10 Å². The highest BCUT2D eigenvalue weighted by molar-refractivity contribution is 5.20. The number of aromatic nitrogens is 3. The van der Waals surface area contributed by atoms with E-state index in [0.29, 0.717) is 6.42 Å². The highest BCUT2D eigenvalue weighted by atomic mass is 16.3. The fourth-order valence-electron chi connectivity index (χ4n) is 1.68. The predicted molar refractivity (Wildman–Crippen MR) is 64.4 cm³/mol. The molecular formula is C13H15N3O. The maximum atomic E-state index is 9.49. The lowest BCUT2D eigenvalue weighted by Crippen LogP contribution is -2.04. The number of hydrogen-bond acceptors (Lipinski definition) is 4. The molecule has 0 saturated carbocycles. The van der Waals surface area contributed by atoms with Gasteiger partial charge >= 0.3 is 0 Å². The van der Waals surface area contributed by atoms with Crippen molar-refractivity contribution in [1.29, 1.82) is 0 Å². The van der Waals surface area contributed by atoms with Crippen molar-refractivity contribution in [2.75, 3.05) is 0 Å². The van der Waals surface area contributed by atoms with Crippen molar-refractivity contribution >= 4 is 0 Å². The second-order valence-corrected chi connectivity index (χ2v) is 4.00. The van der Waals surface area contributed by atoms with Gasteiger partial charge < -0.3 is 5.11 Å². The lowest BCUT2D eigenvalue weighted by atomic mass is 10.1. The standard InChI is InChI=1S/C13H15N3O/c1-9-12(10(2)17)8-15-13(16-9)7-11-5-3-4-6-14-11/h3-6,8,10,17H,7H2,1-2H3. The minimum Gasteiger partial charge on any atom is -0.389 e. The summed E-state index contributed by atoms with van der Waals surface area (Å²) in [4.78, 5) is 12.9. The van der Waals surface area contributed by atoms with Gasteiger partial charge in [-0.15, -0.1) is 0 Å². The number of rotatable bonds is 3. The van der Waals surface area contributed by atoms with Gasteiger partial charge in [0.2, 0.25) is 0 Å². The molecule has 2 heterocycles. The van der Waals surface area contributed by atoms with Crippen molar-refractivity contribution < 1.29 is 5.11 Å². The summed E-state index contributed by atoms with van der Waals surface area (Å²) in [6, 6.07) is 5.77. The van der Waals surface area contributed by atoms with Crippen LogP contribution in [0, 0.1) is 6.92 Å². The van der Waals surface area contributed by atoms with Gasteiger partial charge in [-0.2, -0.15) is 0 Å². The number of aryl methyl sites for hydroxylation is 1. The molecule has 0 amide bonds. The van der Waals surface area contributed by atoms with Gasteiger partial charge in [0, 0.05) is 29.3 Å². The smallest absolute Gasteiger partial charge is 0.134 e. The zero-order valence-electron chi connectivity index (χ0n) is 9.96. The maximum absolute atomic E-state index is 9.49. The Morgan fingerprint density at radius 2 is 2.12 bits per heavy atom. The van der Waals surface area contributed by atoms with Crippen molar-refractivity contribution in [2.45, 2.75) is 26.4 Å². The third kappa shape index (κ3) is 2.85. The maximum Gasteiger partial charge on any atom is 0.134 e. The van der Waals surface area contributed by atoms with Crippen molar-refractivity contribution in [3.8, 4) is 0 Å². The van der Waals surface area contributed by atoms with Gasteiger partial charge in [-0.05, 0) is 26.0 Å². The molecule has 0 bridgehead atoms. The first kappa shape index (κ1) is 11.7. The van der Waals surface area contributed by atoms with Crippen LogP contribution in [0.1, 0.15) is 35.8 Å². The van der Waals surface area contributed by atoms with Crippen molar-refractivity contribution in [3.05, 3.63) is 53.4 Å². The van der Waals surface area contributed by atoms with Crippen LogP contribution in [0.5, 0.6) is 0 Å². The average molecular weight is 229 g/mol. The number of aliphatic hydroxyl groups excluding tert-OH is 1. The Kier molecular flexibility index (Phi) is 3.44. The Morgan fingerprint density at radius 1 is 1.29 bits per heavy atom. The van der Waals surface area contributed by atoms with E-state index >= 15 is 0 Å². The third-order valence-electron chi connectivity index (χ3n) is 2.58. The Balaban J connectivity index is 2.21. The van der Waals surface area contributed by atoms with E-state index in [1.54, 1.807) is 19.3 Å². The van der Waals surface area contributed by atoms with Gasteiger partial charge in [-0.3, -0.25) is 4.98 Å². The van der Waals surface area contributed by atoms with Gasteiger partial charge in [0.1, 0.15) is 5.82 Å². The number of pyridine rings is 1. The molecule has 0 spiro atoms. The molecule has 0 aliphatic rings. The highest BCUT2D eigenvalue weighted by Crippen LogP contribution is 2.14. The van der Waals surface area contributed by atoms with E-state index in [9.17, 15) is 5.11 Å². The lowest BCUT2D eigenvalue weighted by molar-refractivity contribution is 0.197. The average Bonchev–Trinajstić information content (AvgIpc) is 2.30. The molecule has 1 N–H and O–H groups in total. The van der Waals surface area contributed by atoms with Gasteiger partial charge in [-0.1, -0.05) is 6.07 Å². The van der Waals surface area contributed by atoms with E-state index in [1.807, 2.05) is 25.1 Å². The highest BCUT2D eigenvalue weighted by Gasteiger charge is 2.08. The van der Waals surface area contributed by atoms with Crippen LogP contribution in [0.3, 0.4) is 0 Å². The number of aliphatic hydroxyl groups is 1. The first-order chi connectivity index (χ1) is 8.16. The zero-order chi connectivity index (χ0) is 12.3. The van der Waals surface area contributed by atoms with Crippen LogP contribution in [-0.4, -0.2) is 20.1 Å². The SMILES string of the molecule is Cc1nc(Cc2ccccn2)ncc1C(C)O. The number of nitrogens with zero attached hydrogens (tertiary/aromatic N) is 3. The second-order valence-electron chi connectivity index (χ2n) is 4.00. The molecule has 1 unspecified atom stereocenters. The fourth-order valence-corrected chi connectivity index (χ4v) is 1.68. The molecule has 2 rings (SSSR count). The van der Waals surface area contributed by atoms with Crippen LogP contribution < -0.4 is 0 Å². The minimum atomic E-state index is -0.529. The monoisotopic (exact) mass is 229 g/mol. The first-order valence-corrected chi connectivity index (χ1v) is 5.57. The third-order valence-corrected chi connectivity index (χ3v) is 2.58. The van der Waals surface area contributed by atoms with E-state index in [2.05, 4.69) is 15.0 Å². The molecule has 0 radical (unpaired) electrons. The summed E-state index contributed by atoms with van der Waals surface area (Å²) < 4.78 is 0. The van der Waals surface area contributed by atoms with Crippen molar-refractivity contribution in [1.82, 2.24) is 15.0 Å². The van der Waals surface area contributed by atoms with Gasteiger partial charge in [0.05, 0.1) is 12.5 Å². The topological polar surface area (TPSA) is 58.9 Å². The summed E-state index contributed by atoms with van der Waals surface area (Å²) in [5, 5.41) is 9.49. The summed E-state index contributed by atoms with van der Waals surface area (Å²) >= 11 is 0. The molecule has 4 nitrogen and oxygen atoms in total. The van der Waals surface area contributed by atoms with E-state index in [0.717, 1.165) is 22.8 Å². The Morgan fingerprint density at radius 3 is 2.71 bits per heavy atom. The molecule has 4 heteroatoms. The molecule has 0 aliphatic heterocycles. The normalized spacial score (nSPS) is 12.4. The molecule has 0 fully saturated rings. The van der Waals surface area contributed by atoms with E-state index in [1.165, 1.54) is 0 Å². The van der Waals surface area contributed by atoms with Gasteiger partial charge in [0.15, 0.2) is 0 Å². The molecule has 2 aromatic rings. The molecular weight excluding hydrogens is 214 g/mol. The Labute approximate surface area is 100 Å². The summed E-state index contributed by atoms with van der Waals surface area (Å²) in [7, 11) is 0. The van der Waals surface area contributed by atoms with Crippen LogP contribution in [0.25, 0.3) is 0 Å². The Bertz CT molecular complexity index is 497. The molecule has 88 valence electrons. The minimum absolute atomic E-state index is 0.529. The Hall–Kier alpha value is -1.81. The fraction of sp³-hybridized carbons (Fsp3) is 0.308. The van der Waals surface area contributed by atoms with Crippen LogP contribution in [0.4, 0.5) is 0 Å². The lowest BCUT2D eigenvalue weighted by Gasteiger charge is -2.08. The van der Waals surface area contributed by atoms with Crippen molar-refractivity contribution in [3.63, 3.8) is 0 Å². The quantitative estimate of drug-likeness (QED) is 0.872. The van der Waals surface area contributed by atoms with Gasteiger partial charge in [0.25, 0.3) is 0 Å². The summed E-state index contributed by atoms with van der Waals surface area (Å²) in [5.74, 6) is 0.727. The second kappa shape index (κ2) is 5.01. The molecule has 0 aromatic carbocycles. The van der Waals surface area contributed by atoms with Crippen LogP contribution in [0.2, 0.25) is 0 Å². The molecule has 17 heavy (non-hydrogen) atoms. The van der Waals surface area contributed by atoms with E-state index in [-0.39, 0.29) is 0 Å². The summed E-state index contributed by atoms with van der Waals surface area (Å²) in [6.45, 7) is 3.59. The van der Waals surface area contributed by atoms with Gasteiger partial charge in [-0.25, -0.2) is 9.97 Å². The van der Waals surface area contributed by atoms with Crippen LogP contribution >= 0.6 is 0 Å². The molecule has 0 saturated heterocycles. The first-order valence-electron chi connectivity index (χ1n) is 5.57. The molecule has 1 atom stereocenters. The van der Waals surface area contributed by atoms with E-state index in [4.69, 9.17) is 0 Å². The summed E-state index contributed by atoms with van der Waals surface area (Å²) in [6.07, 6.45) is 3.53. The zero-order valence-corrected chi connectivity index (χ0v) is 9.96. The summed E-state index contributed by atoms with van der Waals surface area (Å²) in [5.41, 5.74) is 2.53. The van der Waals surface area contributed by atoms with Crippen molar-refractivity contribution in [2.24, 2.45) is 0 Å². The van der Waals surface area contributed by atoms with Crippen LogP contribution in [0.15, 0.2) is 30.6 Å². The molecule has 0 aliphatic carbocycles.